The van der Waals surface area contributed by atoms with Gasteiger partial charge in [-0.25, -0.2) is 10.2 Å². The Hall–Kier alpha value is -1.46. The van der Waals surface area contributed by atoms with Crippen LogP contribution < -0.4 is 16.6 Å². The van der Waals surface area contributed by atoms with E-state index in [1.54, 1.807) is 0 Å². The molecule has 0 bridgehead atoms. The molecule has 1 aromatic carbocycles. The highest BCUT2D eigenvalue weighted by Gasteiger charge is 2.15. The SMILES string of the molecule is NNC(=O)C(CF)NCc1ccccc1. The van der Waals surface area contributed by atoms with Gasteiger partial charge in [-0.3, -0.25) is 15.5 Å². The van der Waals surface area contributed by atoms with Crippen LogP contribution in [-0.2, 0) is 11.3 Å². The maximum Gasteiger partial charge on any atom is 0.253 e. The van der Waals surface area contributed by atoms with Gasteiger partial charge in [-0.1, -0.05) is 30.3 Å². The van der Waals surface area contributed by atoms with Gasteiger partial charge in [0.25, 0.3) is 5.91 Å². The number of hydrogen-bond acceptors (Lipinski definition) is 3. The quantitative estimate of drug-likeness (QED) is 0.368. The normalized spacial score (nSPS) is 12.1. The molecule has 0 fully saturated rings. The largest absolute Gasteiger partial charge is 0.300 e. The number of alkyl halides is 1. The summed E-state index contributed by atoms with van der Waals surface area (Å²) in [6.07, 6.45) is 0. The Bertz CT molecular complexity index is 305. The van der Waals surface area contributed by atoms with Crippen molar-refractivity contribution in [1.29, 1.82) is 0 Å². The summed E-state index contributed by atoms with van der Waals surface area (Å²) < 4.78 is 12.4. The zero-order valence-electron chi connectivity index (χ0n) is 8.24. The van der Waals surface area contributed by atoms with Gasteiger partial charge < -0.3 is 0 Å². The first kappa shape index (κ1) is 11.6. The van der Waals surface area contributed by atoms with E-state index < -0.39 is 18.6 Å². The molecule has 0 spiro atoms. The van der Waals surface area contributed by atoms with Gasteiger partial charge in [-0.2, -0.15) is 0 Å². The molecule has 5 heteroatoms. The topological polar surface area (TPSA) is 67.1 Å². The number of amides is 1. The number of carbonyl (C=O) groups excluding carboxylic acids is 1. The number of nitrogens with one attached hydrogen (secondary N) is 2. The van der Waals surface area contributed by atoms with Crippen molar-refractivity contribution in [3.63, 3.8) is 0 Å². The van der Waals surface area contributed by atoms with Gasteiger partial charge in [0, 0.05) is 6.54 Å². The Balaban J connectivity index is 2.44. The minimum atomic E-state index is -0.893. The third-order valence-corrected chi connectivity index (χ3v) is 2.01. The minimum Gasteiger partial charge on any atom is -0.300 e. The van der Waals surface area contributed by atoms with Crippen molar-refractivity contribution in [1.82, 2.24) is 10.7 Å². The number of nitrogens with two attached hydrogens (primary N) is 1. The average molecular weight is 211 g/mol. The van der Waals surface area contributed by atoms with Gasteiger partial charge in [0.1, 0.15) is 12.7 Å². The summed E-state index contributed by atoms with van der Waals surface area (Å²) in [5.41, 5.74) is 2.90. The van der Waals surface area contributed by atoms with Crippen LogP contribution in [0.3, 0.4) is 0 Å². The second kappa shape index (κ2) is 6.10. The minimum absolute atomic E-state index is 0.433. The van der Waals surface area contributed by atoms with E-state index in [0.717, 1.165) is 5.56 Å². The molecule has 0 radical (unpaired) electrons. The lowest BCUT2D eigenvalue weighted by molar-refractivity contribution is -0.123. The highest BCUT2D eigenvalue weighted by molar-refractivity contribution is 5.81. The molecule has 15 heavy (non-hydrogen) atoms. The maximum absolute atomic E-state index is 12.4. The first-order chi connectivity index (χ1) is 7.27. The number of rotatable bonds is 5. The molecule has 4 N–H and O–H groups in total. The molecule has 1 atom stereocenters. The molecular formula is C10H14FN3O. The number of halogens is 1. The Morgan fingerprint density at radius 2 is 2.07 bits per heavy atom. The van der Waals surface area contributed by atoms with Gasteiger partial charge in [-0.05, 0) is 5.56 Å². The van der Waals surface area contributed by atoms with E-state index in [0.29, 0.717) is 6.54 Å². The van der Waals surface area contributed by atoms with Crippen LogP contribution in [0.1, 0.15) is 5.56 Å². The summed E-state index contributed by atoms with van der Waals surface area (Å²) >= 11 is 0. The summed E-state index contributed by atoms with van der Waals surface area (Å²) in [6, 6.07) is 8.54. The fourth-order valence-electron chi connectivity index (χ4n) is 1.15. The highest BCUT2D eigenvalue weighted by Crippen LogP contribution is 1.98. The van der Waals surface area contributed by atoms with Crippen molar-refractivity contribution in [2.45, 2.75) is 12.6 Å². The van der Waals surface area contributed by atoms with Crippen LogP contribution in [0.15, 0.2) is 30.3 Å². The van der Waals surface area contributed by atoms with E-state index in [4.69, 9.17) is 5.84 Å². The van der Waals surface area contributed by atoms with Crippen molar-refractivity contribution in [3.8, 4) is 0 Å². The molecule has 0 saturated heterocycles. The van der Waals surface area contributed by atoms with Crippen LogP contribution in [-0.4, -0.2) is 18.6 Å². The van der Waals surface area contributed by atoms with Gasteiger partial charge in [-0.15, -0.1) is 0 Å². The molecular weight excluding hydrogens is 197 g/mol. The second-order valence-electron chi connectivity index (χ2n) is 3.08. The van der Waals surface area contributed by atoms with Crippen LogP contribution >= 0.6 is 0 Å². The van der Waals surface area contributed by atoms with Crippen LogP contribution in [0.2, 0.25) is 0 Å². The standard InChI is InChI=1S/C10H14FN3O/c11-6-9(10(15)14-12)13-7-8-4-2-1-3-5-8/h1-5,9,13H,6-7,12H2,(H,14,15). The van der Waals surface area contributed by atoms with Gasteiger partial charge >= 0.3 is 0 Å². The van der Waals surface area contributed by atoms with Crippen LogP contribution in [0, 0.1) is 0 Å². The molecule has 0 aliphatic rings. The molecule has 1 unspecified atom stereocenters. The number of benzene rings is 1. The highest BCUT2D eigenvalue weighted by atomic mass is 19.1. The summed E-state index contributed by atoms with van der Waals surface area (Å²) in [6.45, 7) is -0.348. The molecule has 0 heterocycles. The van der Waals surface area contributed by atoms with Gasteiger partial charge in [0.15, 0.2) is 0 Å². The predicted octanol–water partition coefficient (Wildman–Crippen LogP) is 0.104. The smallest absolute Gasteiger partial charge is 0.253 e. The molecule has 0 aliphatic heterocycles. The van der Waals surface area contributed by atoms with Gasteiger partial charge in [0.05, 0.1) is 0 Å². The zero-order valence-corrected chi connectivity index (χ0v) is 8.24. The third-order valence-electron chi connectivity index (χ3n) is 2.01. The molecule has 4 nitrogen and oxygen atoms in total. The van der Waals surface area contributed by atoms with E-state index in [9.17, 15) is 9.18 Å². The van der Waals surface area contributed by atoms with Crippen molar-refractivity contribution in [2.24, 2.45) is 5.84 Å². The molecule has 1 rings (SSSR count). The monoisotopic (exact) mass is 211 g/mol. The van der Waals surface area contributed by atoms with Crippen molar-refractivity contribution < 1.29 is 9.18 Å². The number of hydrazine groups is 1. The van der Waals surface area contributed by atoms with Crippen molar-refractivity contribution >= 4 is 5.91 Å². The summed E-state index contributed by atoms with van der Waals surface area (Å²) in [7, 11) is 0. The van der Waals surface area contributed by atoms with Crippen LogP contribution in [0.25, 0.3) is 0 Å². The molecule has 1 amide bonds. The Morgan fingerprint density at radius 1 is 1.40 bits per heavy atom. The van der Waals surface area contributed by atoms with E-state index in [-0.39, 0.29) is 0 Å². The second-order valence-corrected chi connectivity index (χ2v) is 3.08. The molecule has 82 valence electrons. The summed E-state index contributed by atoms with van der Waals surface area (Å²) in [5, 5.41) is 2.77. The summed E-state index contributed by atoms with van der Waals surface area (Å²) in [5.74, 6) is 4.36. The zero-order chi connectivity index (χ0) is 11.1. The predicted molar refractivity (Wildman–Crippen MR) is 55.4 cm³/mol. The Kier molecular flexibility index (Phi) is 4.73. The van der Waals surface area contributed by atoms with E-state index in [2.05, 4.69) is 5.32 Å². The molecule has 0 saturated carbocycles. The first-order valence-corrected chi connectivity index (χ1v) is 4.61. The first-order valence-electron chi connectivity index (χ1n) is 4.61. The lowest BCUT2D eigenvalue weighted by Gasteiger charge is -2.13. The number of hydrogen-bond donors (Lipinski definition) is 3. The Morgan fingerprint density at radius 3 is 2.60 bits per heavy atom. The molecule has 1 aromatic rings. The summed E-state index contributed by atoms with van der Waals surface area (Å²) in [4.78, 5) is 11.0. The molecule has 0 aromatic heterocycles. The van der Waals surface area contributed by atoms with E-state index in [1.165, 1.54) is 0 Å². The molecule has 0 aliphatic carbocycles. The fraction of sp³-hybridized carbons (Fsp3) is 0.300. The average Bonchev–Trinajstić information content (AvgIpc) is 2.31. The van der Waals surface area contributed by atoms with E-state index >= 15 is 0 Å². The third kappa shape index (κ3) is 3.65. The fourth-order valence-corrected chi connectivity index (χ4v) is 1.15. The number of carbonyl (C=O) groups is 1. The lowest BCUT2D eigenvalue weighted by atomic mass is 10.2. The van der Waals surface area contributed by atoms with E-state index in [1.807, 2.05) is 35.8 Å². The van der Waals surface area contributed by atoms with Gasteiger partial charge in [0.2, 0.25) is 0 Å². The van der Waals surface area contributed by atoms with Crippen LogP contribution in [0.4, 0.5) is 4.39 Å². The van der Waals surface area contributed by atoms with Crippen LogP contribution in [0.5, 0.6) is 0 Å². The van der Waals surface area contributed by atoms with Crippen molar-refractivity contribution in [3.05, 3.63) is 35.9 Å². The van der Waals surface area contributed by atoms with Crippen molar-refractivity contribution in [2.75, 3.05) is 6.67 Å². The lowest BCUT2D eigenvalue weighted by Crippen LogP contribution is -2.47. The Labute approximate surface area is 87.6 Å². The maximum atomic E-state index is 12.4.